The van der Waals surface area contributed by atoms with Crippen LogP contribution in [0.5, 0.6) is 0 Å². The SMILES string of the molecule is Cn1ccnc1CN1CCO[C@H](Cc2ccccc2)C1. The normalized spacial score (nSPS) is 20.1. The highest BCUT2D eigenvalue weighted by atomic mass is 16.5. The maximum atomic E-state index is 5.89. The smallest absolute Gasteiger partial charge is 0.122 e. The van der Waals surface area contributed by atoms with Crippen LogP contribution in [-0.2, 0) is 24.8 Å². The number of hydrogen-bond donors (Lipinski definition) is 0. The maximum absolute atomic E-state index is 5.89. The van der Waals surface area contributed by atoms with E-state index in [9.17, 15) is 0 Å². The number of nitrogens with zero attached hydrogens (tertiary/aromatic N) is 3. The van der Waals surface area contributed by atoms with Crippen LogP contribution in [0.15, 0.2) is 42.7 Å². The Morgan fingerprint density at radius 1 is 1.30 bits per heavy atom. The molecule has 1 saturated heterocycles. The summed E-state index contributed by atoms with van der Waals surface area (Å²) in [6.45, 7) is 3.67. The lowest BCUT2D eigenvalue weighted by Gasteiger charge is -2.32. The van der Waals surface area contributed by atoms with E-state index in [1.807, 2.05) is 19.4 Å². The Kier molecular flexibility index (Phi) is 4.14. The molecule has 4 heteroatoms. The third kappa shape index (κ3) is 3.26. The Balaban J connectivity index is 1.58. The van der Waals surface area contributed by atoms with E-state index < -0.39 is 0 Å². The van der Waals surface area contributed by atoms with Crippen LogP contribution in [-0.4, -0.2) is 40.3 Å². The van der Waals surface area contributed by atoms with Crippen molar-refractivity contribution in [1.29, 1.82) is 0 Å². The standard InChI is InChI=1S/C16H21N3O/c1-18-8-7-17-16(18)13-19-9-10-20-15(12-19)11-14-5-3-2-4-6-14/h2-8,15H,9-13H2,1H3/t15-/m1/s1. The minimum atomic E-state index is 0.284. The molecule has 1 aliphatic heterocycles. The number of aryl methyl sites for hydroxylation is 1. The average molecular weight is 271 g/mol. The van der Waals surface area contributed by atoms with Crippen molar-refractivity contribution in [1.82, 2.24) is 14.5 Å². The van der Waals surface area contributed by atoms with Gasteiger partial charge in [0.2, 0.25) is 0 Å². The van der Waals surface area contributed by atoms with Crippen LogP contribution in [0.2, 0.25) is 0 Å². The van der Waals surface area contributed by atoms with Crippen molar-refractivity contribution in [2.24, 2.45) is 7.05 Å². The Bertz CT molecular complexity index is 538. The zero-order chi connectivity index (χ0) is 13.8. The van der Waals surface area contributed by atoms with Crippen LogP contribution in [0.25, 0.3) is 0 Å². The maximum Gasteiger partial charge on any atom is 0.122 e. The van der Waals surface area contributed by atoms with E-state index in [-0.39, 0.29) is 6.10 Å². The lowest BCUT2D eigenvalue weighted by molar-refractivity contribution is -0.0314. The summed E-state index contributed by atoms with van der Waals surface area (Å²) >= 11 is 0. The largest absolute Gasteiger partial charge is 0.375 e. The summed E-state index contributed by atoms with van der Waals surface area (Å²) in [5.74, 6) is 1.12. The first kappa shape index (κ1) is 13.3. The summed E-state index contributed by atoms with van der Waals surface area (Å²) in [6, 6.07) is 10.6. The second-order valence-electron chi connectivity index (χ2n) is 5.37. The van der Waals surface area contributed by atoms with Gasteiger partial charge in [-0.25, -0.2) is 4.98 Å². The highest BCUT2D eigenvalue weighted by Crippen LogP contribution is 2.13. The van der Waals surface area contributed by atoms with Crippen molar-refractivity contribution in [3.8, 4) is 0 Å². The minimum Gasteiger partial charge on any atom is -0.375 e. The molecule has 2 heterocycles. The molecule has 1 aromatic carbocycles. The number of rotatable bonds is 4. The number of benzene rings is 1. The van der Waals surface area contributed by atoms with Gasteiger partial charge in [0.25, 0.3) is 0 Å². The van der Waals surface area contributed by atoms with Gasteiger partial charge in [-0.2, -0.15) is 0 Å². The summed E-state index contributed by atoms with van der Waals surface area (Å²) < 4.78 is 7.98. The number of aromatic nitrogens is 2. The van der Waals surface area contributed by atoms with E-state index in [1.165, 1.54) is 5.56 Å². The quantitative estimate of drug-likeness (QED) is 0.850. The number of morpholine rings is 1. The van der Waals surface area contributed by atoms with E-state index in [1.54, 1.807) is 0 Å². The highest BCUT2D eigenvalue weighted by Gasteiger charge is 2.21. The average Bonchev–Trinajstić information content (AvgIpc) is 2.86. The molecule has 1 atom stereocenters. The zero-order valence-electron chi connectivity index (χ0n) is 11.9. The van der Waals surface area contributed by atoms with E-state index in [2.05, 4.69) is 44.8 Å². The summed E-state index contributed by atoms with van der Waals surface area (Å²) in [4.78, 5) is 6.83. The summed E-state index contributed by atoms with van der Waals surface area (Å²) in [5, 5.41) is 0. The predicted molar refractivity (Wildman–Crippen MR) is 78.4 cm³/mol. The molecular formula is C16H21N3O. The molecule has 4 nitrogen and oxygen atoms in total. The first-order chi connectivity index (χ1) is 9.81. The molecule has 2 aromatic rings. The zero-order valence-corrected chi connectivity index (χ0v) is 11.9. The van der Waals surface area contributed by atoms with Crippen molar-refractivity contribution < 1.29 is 4.74 Å². The highest BCUT2D eigenvalue weighted by molar-refractivity contribution is 5.15. The Hall–Kier alpha value is -1.65. The predicted octanol–water partition coefficient (Wildman–Crippen LogP) is 1.86. The van der Waals surface area contributed by atoms with Crippen LogP contribution in [0, 0.1) is 0 Å². The molecule has 0 unspecified atom stereocenters. The monoisotopic (exact) mass is 271 g/mol. The Morgan fingerprint density at radius 2 is 2.15 bits per heavy atom. The first-order valence-electron chi connectivity index (χ1n) is 7.15. The van der Waals surface area contributed by atoms with Crippen LogP contribution in [0.3, 0.4) is 0 Å². The summed E-state index contributed by atoms with van der Waals surface area (Å²) in [5.41, 5.74) is 1.34. The molecule has 0 aliphatic carbocycles. The van der Waals surface area contributed by atoms with Crippen LogP contribution >= 0.6 is 0 Å². The third-order valence-corrected chi connectivity index (χ3v) is 3.82. The van der Waals surface area contributed by atoms with Gasteiger partial charge in [-0.1, -0.05) is 30.3 Å². The summed E-state index contributed by atoms with van der Waals surface area (Å²) in [6.07, 6.45) is 5.12. The molecule has 1 aliphatic rings. The van der Waals surface area contributed by atoms with Crippen LogP contribution in [0.1, 0.15) is 11.4 Å². The van der Waals surface area contributed by atoms with Gasteiger partial charge in [0.05, 0.1) is 19.3 Å². The van der Waals surface area contributed by atoms with Crippen LogP contribution in [0.4, 0.5) is 0 Å². The third-order valence-electron chi connectivity index (χ3n) is 3.82. The van der Waals surface area contributed by atoms with Gasteiger partial charge >= 0.3 is 0 Å². The molecule has 3 rings (SSSR count). The van der Waals surface area contributed by atoms with Gasteiger partial charge < -0.3 is 9.30 Å². The first-order valence-corrected chi connectivity index (χ1v) is 7.15. The Morgan fingerprint density at radius 3 is 2.90 bits per heavy atom. The van der Waals surface area contributed by atoms with E-state index in [0.29, 0.717) is 0 Å². The van der Waals surface area contributed by atoms with Crippen molar-refractivity contribution in [2.45, 2.75) is 19.1 Å². The second kappa shape index (κ2) is 6.20. The topological polar surface area (TPSA) is 30.3 Å². The van der Waals surface area contributed by atoms with E-state index >= 15 is 0 Å². The summed E-state index contributed by atoms with van der Waals surface area (Å²) in [7, 11) is 2.05. The molecule has 1 aromatic heterocycles. The van der Waals surface area contributed by atoms with E-state index in [4.69, 9.17) is 4.74 Å². The molecule has 0 N–H and O–H groups in total. The number of imidazole rings is 1. The van der Waals surface area contributed by atoms with Gasteiger partial charge in [-0.3, -0.25) is 4.90 Å². The number of hydrogen-bond acceptors (Lipinski definition) is 3. The second-order valence-corrected chi connectivity index (χ2v) is 5.37. The van der Waals surface area contributed by atoms with Gasteiger partial charge in [0.15, 0.2) is 0 Å². The molecule has 0 radical (unpaired) electrons. The number of ether oxygens (including phenoxy) is 1. The fraction of sp³-hybridized carbons (Fsp3) is 0.438. The molecule has 20 heavy (non-hydrogen) atoms. The van der Waals surface area contributed by atoms with Gasteiger partial charge in [0, 0.05) is 32.5 Å². The van der Waals surface area contributed by atoms with Crippen molar-refractivity contribution >= 4 is 0 Å². The fourth-order valence-electron chi connectivity index (χ4n) is 2.67. The molecule has 0 bridgehead atoms. The molecule has 0 spiro atoms. The molecule has 0 amide bonds. The van der Waals surface area contributed by atoms with Crippen molar-refractivity contribution in [2.75, 3.05) is 19.7 Å². The molecular weight excluding hydrogens is 250 g/mol. The lowest BCUT2D eigenvalue weighted by atomic mass is 10.1. The molecule has 106 valence electrons. The van der Waals surface area contributed by atoms with Crippen molar-refractivity contribution in [3.63, 3.8) is 0 Å². The molecule has 1 fully saturated rings. The van der Waals surface area contributed by atoms with Crippen molar-refractivity contribution in [3.05, 3.63) is 54.1 Å². The Labute approximate surface area is 120 Å². The van der Waals surface area contributed by atoms with Gasteiger partial charge in [0.1, 0.15) is 5.82 Å². The minimum absolute atomic E-state index is 0.284. The van der Waals surface area contributed by atoms with Gasteiger partial charge in [-0.15, -0.1) is 0 Å². The fourth-order valence-corrected chi connectivity index (χ4v) is 2.67. The van der Waals surface area contributed by atoms with Crippen LogP contribution < -0.4 is 0 Å². The van der Waals surface area contributed by atoms with Gasteiger partial charge in [-0.05, 0) is 12.0 Å². The molecule has 0 saturated carbocycles. The van der Waals surface area contributed by atoms with E-state index in [0.717, 1.165) is 38.5 Å². The lowest BCUT2D eigenvalue weighted by Crippen LogP contribution is -2.43.